The van der Waals surface area contributed by atoms with E-state index < -0.39 is 6.04 Å². The Labute approximate surface area is 99.3 Å². The largest absolute Gasteiger partial charge is 0.335 e. The maximum Gasteiger partial charge on any atom is 0.146 e. The van der Waals surface area contributed by atoms with Crippen LogP contribution in [-0.4, -0.2) is 14.5 Å². The van der Waals surface area contributed by atoms with Gasteiger partial charge >= 0.3 is 0 Å². The Kier molecular flexibility index (Phi) is 3.49. The summed E-state index contributed by atoms with van der Waals surface area (Å²) in [4.78, 5) is 7.93. The molecule has 1 atom stereocenters. The van der Waals surface area contributed by atoms with Gasteiger partial charge in [-0.05, 0) is 13.0 Å². The maximum absolute atomic E-state index is 13.5. The molecule has 2 rings (SSSR count). The standard InChI is InChI=1S/C12H15FN4/c1-2-17-6-5-16-12(17)7-11(14)9-3-4-15-8-10(9)13/h3-6,8,11H,2,7,14H2,1H3. The van der Waals surface area contributed by atoms with Crippen LogP contribution in [0, 0.1) is 5.82 Å². The Morgan fingerprint density at radius 2 is 2.29 bits per heavy atom. The van der Waals surface area contributed by atoms with Crippen LogP contribution in [0.2, 0.25) is 0 Å². The summed E-state index contributed by atoms with van der Waals surface area (Å²) in [5.74, 6) is 0.505. The lowest BCUT2D eigenvalue weighted by molar-refractivity contribution is 0.560. The van der Waals surface area contributed by atoms with Crippen molar-refractivity contribution in [3.05, 3.63) is 48.1 Å². The van der Waals surface area contributed by atoms with E-state index >= 15 is 0 Å². The summed E-state index contributed by atoms with van der Waals surface area (Å²) in [6, 6.07) is 1.21. The number of nitrogens with zero attached hydrogens (tertiary/aromatic N) is 3. The Balaban J connectivity index is 2.17. The highest BCUT2D eigenvalue weighted by Gasteiger charge is 2.14. The fourth-order valence-electron chi connectivity index (χ4n) is 1.81. The van der Waals surface area contributed by atoms with Crippen LogP contribution in [0.15, 0.2) is 30.9 Å². The van der Waals surface area contributed by atoms with E-state index in [4.69, 9.17) is 5.73 Å². The van der Waals surface area contributed by atoms with Gasteiger partial charge in [-0.3, -0.25) is 4.98 Å². The van der Waals surface area contributed by atoms with E-state index in [0.717, 1.165) is 12.4 Å². The highest BCUT2D eigenvalue weighted by atomic mass is 19.1. The molecule has 0 amide bonds. The van der Waals surface area contributed by atoms with Gasteiger partial charge in [-0.25, -0.2) is 9.37 Å². The van der Waals surface area contributed by atoms with Crippen molar-refractivity contribution in [2.75, 3.05) is 0 Å². The summed E-state index contributed by atoms with van der Waals surface area (Å²) in [7, 11) is 0. The van der Waals surface area contributed by atoms with E-state index in [1.807, 2.05) is 17.7 Å². The molecule has 2 aromatic rings. The predicted molar refractivity (Wildman–Crippen MR) is 62.7 cm³/mol. The molecule has 0 bridgehead atoms. The minimum absolute atomic E-state index is 0.366. The van der Waals surface area contributed by atoms with Crippen molar-refractivity contribution >= 4 is 0 Å². The second-order valence-electron chi connectivity index (χ2n) is 3.84. The van der Waals surface area contributed by atoms with Crippen molar-refractivity contribution in [3.63, 3.8) is 0 Å². The topological polar surface area (TPSA) is 56.7 Å². The van der Waals surface area contributed by atoms with E-state index in [1.54, 1.807) is 18.5 Å². The second kappa shape index (κ2) is 5.05. The smallest absolute Gasteiger partial charge is 0.146 e. The molecule has 0 fully saturated rings. The first kappa shape index (κ1) is 11.7. The van der Waals surface area contributed by atoms with E-state index in [0.29, 0.717) is 12.0 Å². The van der Waals surface area contributed by atoms with Crippen LogP contribution in [0.3, 0.4) is 0 Å². The van der Waals surface area contributed by atoms with Crippen molar-refractivity contribution in [2.24, 2.45) is 5.73 Å². The summed E-state index contributed by atoms with van der Waals surface area (Å²) in [6.07, 6.45) is 6.87. The molecule has 0 spiro atoms. The zero-order chi connectivity index (χ0) is 12.3. The number of aromatic nitrogens is 3. The molecular formula is C12H15FN4. The van der Waals surface area contributed by atoms with Gasteiger partial charge in [-0.15, -0.1) is 0 Å². The third-order valence-corrected chi connectivity index (χ3v) is 2.75. The molecule has 90 valence electrons. The quantitative estimate of drug-likeness (QED) is 0.875. The molecule has 0 saturated carbocycles. The first-order valence-electron chi connectivity index (χ1n) is 5.57. The van der Waals surface area contributed by atoms with Crippen LogP contribution in [0.5, 0.6) is 0 Å². The van der Waals surface area contributed by atoms with Gasteiger partial charge in [0.2, 0.25) is 0 Å². The van der Waals surface area contributed by atoms with Gasteiger partial charge in [0.05, 0.1) is 6.20 Å². The van der Waals surface area contributed by atoms with Crippen LogP contribution in [0.1, 0.15) is 24.4 Å². The molecule has 0 saturated heterocycles. The zero-order valence-corrected chi connectivity index (χ0v) is 9.68. The van der Waals surface area contributed by atoms with Crippen LogP contribution < -0.4 is 5.73 Å². The minimum atomic E-state index is -0.398. The Morgan fingerprint density at radius 3 is 3.00 bits per heavy atom. The number of halogens is 1. The van der Waals surface area contributed by atoms with Crippen LogP contribution in [0.25, 0.3) is 0 Å². The van der Waals surface area contributed by atoms with E-state index in [1.165, 1.54) is 6.20 Å². The monoisotopic (exact) mass is 234 g/mol. The number of rotatable bonds is 4. The molecular weight excluding hydrogens is 219 g/mol. The number of nitrogens with two attached hydrogens (primary N) is 1. The number of imidazole rings is 1. The molecule has 1 unspecified atom stereocenters. The Bertz CT molecular complexity index is 495. The molecule has 0 aromatic carbocycles. The minimum Gasteiger partial charge on any atom is -0.335 e. The molecule has 0 aliphatic carbocycles. The van der Waals surface area contributed by atoms with Crippen LogP contribution in [-0.2, 0) is 13.0 Å². The molecule has 2 N–H and O–H groups in total. The summed E-state index contributed by atoms with van der Waals surface area (Å²) in [5.41, 5.74) is 6.47. The maximum atomic E-state index is 13.5. The summed E-state index contributed by atoms with van der Waals surface area (Å²) < 4.78 is 15.5. The average Bonchev–Trinajstić information content (AvgIpc) is 2.76. The first-order valence-corrected chi connectivity index (χ1v) is 5.57. The van der Waals surface area contributed by atoms with Gasteiger partial charge in [0.25, 0.3) is 0 Å². The Hall–Kier alpha value is -1.75. The Morgan fingerprint density at radius 1 is 1.47 bits per heavy atom. The van der Waals surface area contributed by atoms with Gasteiger partial charge in [-0.2, -0.15) is 0 Å². The van der Waals surface area contributed by atoms with Crippen molar-refractivity contribution < 1.29 is 4.39 Å². The van der Waals surface area contributed by atoms with E-state index in [-0.39, 0.29) is 5.82 Å². The molecule has 0 radical (unpaired) electrons. The van der Waals surface area contributed by atoms with Gasteiger partial charge in [0.15, 0.2) is 0 Å². The molecule has 5 heteroatoms. The van der Waals surface area contributed by atoms with Gasteiger partial charge < -0.3 is 10.3 Å². The first-order chi connectivity index (χ1) is 8.22. The van der Waals surface area contributed by atoms with Gasteiger partial charge in [-0.1, -0.05) is 0 Å². The molecule has 2 heterocycles. The molecule has 4 nitrogen and oxygen atoms in total. The fraction of sp³-hybridized carbons (Fsp3) is 0.333. The third kappa shape index (κ3) is 2.50. The third-order valence-electron chi connectivity index (χ3n) is 2.75. The van der Waals surface area contributed by atoms with Gasteiger partial charge in [0.1, 0.15) is 11.6 Å². The summed E-state index contributed by atoms with van der Waals surface area (Å²) >= 11 is 0. The highest BCUT2D eigenvalue weighted by molar-refractivity contribution is 5.18. The lowest BCUT2D eigenvalue weighted by Crippen LogP contribution is -2.17. The molecule has 2 aromatic heterocycles. The normalized spacial score (nSPS) is 12.6. The van der Waals surface area contributed by atoms with Crippen molar-refractivity contribution in [2.45, 2.75) is 25.9 Å². The lowest BCUT2D eigenvalue weighted by atomic mass is 10.1. The van der Waals surface area contributed by atoms with Gasteiger partial charge in [0, 0.05) is 43.2 Å². The van der Waals surface area contributed by atoms with E-state index in [2.05, 4.69) is 9.97 Å². The number of pyridine rings is 1. The number of aryl methyl sites for hydroxylation is 1. The number of hydrogen-bond donors (Lipinski definition) is 1. The predicted octanol–water partition coefficient (Wildman–Crippen LogP) is 1.68. The molecule has 17 heavy (non-hydrogen) atoms. The molecule has 0 aliphatic heterocycles. The summed E-state index contributed by atoms with van der Waals surface area (Å²) in [5, 5.41) is 0. The van der Waals surface area contributed by atoms with Crippen LogP contribution >= 0.6 is 0 Å². The SMILES string of the molecule is CCn1ccnc1CC(N)c1ccncc1F. The van der Waals surface area contributed by atoms with Crippen LogP contribution in [0.4, 0.5) is 4.39 Å². The zero-order valence-electron chi connectivity index (χ0n) is 9.68. The average molecular weight is 234 g/mol. The van der Waals surface area contributed by atoms with Crippen molar-refractivity contribution in [1.82, 2.24) is 14.5 Å². The van der Waals surface area contributed by atoms with Crippen molar-refractivity contribution in [1.29, 1.82) is 0 Å². The van der Waals surface area contributed by atoms with Crippen molar-refractivity contribution in [3.8, 4) is 0 Å². The number of hydrogen-bond acceptors (Lipinski definition) is 3. The second-order valence-corrected chi connectivity index (χ2v) is 3.84. The van der Waals surface area contributed by atoms with E-state index in [9.17, 15) is 4.39 Å². The molecule has 0 aliphatic rings. The summed E-state index contributed by atoms with van der Waals surface area (Å²) in [6.45, 7) is 2.87. The lowest BCUT2D eigenvalue weighted by Gasteiger charge is -2.13. The highest BCUT2D eigenvalue weighted by Crippen LogP contribution is 2.17. The fourth-order valence-corrected chi connectivity index (χ4v) is 1.81.